The third-order valence-corrected chi connectivity index (χ3v) is 6.02. The Labute approximate surface area is 162 Å². The van der Waals surface area contributed by atoms with Crippen LogP contribution in [0.5, 0.6) is 0 Å². The largest absolute Gasteiger partial charge is 0.337 e. The number of rotatable bonds is 5. The number of fused-ring (bicyclic) bond motifs is 1. The third-order valence-electron chi connectivity index (χ3n) is 4.46. The molecule has 2 aromatic carbocycles. The van der Waals surface area contributed by atoms with Crippen molar-refractivity contribution in [1.82, 2.24) is 24.4 Å². The molecule has 4 aromatic rings. The lowest BCUT2D eigenvalue weighted by molar-refractivity contribution is 0.354. The standard InChI is InChI=1S/C19H19N5O3S/c1-12-4-7-15(8-5-12)28(25,26)23-13(2)19-21-18(22-27-19)14-6-9-17-16(10-14)20-11-24(17)3/h4-11,13,23H,1-3H3/t13-/m1/s1. The summed E-state index contributed by atoms with van der Waals surface area (Å²) in [6.45, 7) is 3.56. The van der Waals surface area contributed by atoms with Crippen LogP contribution in [0.25, 0.3) is 22.4 Å². The van der Waals surface area contributed by atoms with Crippen LogP contribution in [0, 0.1) is 6.92 Å². The summed E-state index contributed by atoms with van der Waals surface area (Å²) in [5.41, 5.74) is 3.54. The van der Waals surface area contributed by atoms with Gasteiger partial charge < -0.3 is 9.09 Å². The normalized spacial score (nSPS) is 13.1. The van der Waals surface area contributed by atoms with Gasteiger partial charge in [0.25, 0.3) is 0 Å². The van der Waals surface area contributed by atoms with E-state index in [-0.39, 0.29) is 10.8 Å². The smallest absolute Gasteiger partial charge is 0.244 e. The van der Waals surface area contributed by atoms with Crippen LogP contribution >= 0.6 is 0 Å². The van der Waals surface area contributed by atoms with E-state index in [4.69, 9.17) is 4.52 Å². The second-order valence-corrected chi connectivity index (χ2v) is 8.39. The summed E-state index contributed by atoms with van der Waals surface area (Å²) in [6, 6.07) is 11.6. The van der Waals surface area contributed by atoms with E-state index in [0.29, 0.717) is 5.82 Å². The summed E-state index contributed by atoms with van der Waals surface area (Å²) in [6.07, 6.45) is 1.73. The number of nitrogens with zero attached hydrogens (tertiary/aromatic N) is 4. The van der Waals surface area contributed by atoms with Gasteiger partial charge in [-0.3, -0.25) is 0 Å². The van der Waals surface area contributed by atoms with Crippen molar-refractivity contribution in [2.24, 2.45) is 7.05 Å². The van der Waals surface area contributed by atoms with Crippen molar-refractivity contribution in [1.29, 1.82) is 0 Å². The highest BCUT2D eigenvalue weighted by Gasteiger charge is 2.22. The number of hydrogen-bond acceptors (Lipinski definition) is 6. The molecule has 2 heterocycles. The van der Waals surface area contributed by atoms with Crippen molar-refractivity contribution in [3.05, 3.63) is 60.2 Å². The zero-order valence-electron chi connectivity index (χ0n) is 15.6. The van der Waals surface area contributed by atoms with Crippen LogP contribution in [0.1, 0.15) is 24.4 Å². The first kappa shape index (κ1) is 18.3. The number of sulfonamides is 1. The van der Waals surface area contributed by atoms with Crippen molar-refractivity contribution in [2.75, 3.05) is 0 Å². The average molecular weight is 397 g/mol. The summed E-state index contributed by atoms with van der Waals surface area (Å²) in [4.78, 5) is 8.85. The topological polar surface area (TPSA) is 103 Å². The number of nitrogens with one attached hydrogen (secondary N) is 1. The second-order valence-electron chi connectivity index (χ2n) is 6.67. The number of hydrogen-bond donors (Lipinski definition) is 1. The Balaban J connectivity index is 1.56. The summed E-state index contributed by atoms with van der Waals surface area (Å²) < 4.78 is 34.9. The van der Waals surface area contributed by atoms with E-state index < -0.39 is 16.1 Å². The van der Waals surface area contributed by atoms with E-state index in [0.717, 1.165) is 22.2 Å². The minimum Gasteiger partial charge on any atom is -0.337 e. The van der Waals surface area contributed by atoms with Crippen LogP contribution in [0.2, 0.25) is 0 Å². The SMILES string of the molecule is Cc1ccc(S(=O)(=O)N[C@H](C)c2nc(-c3ccc4c(c3)ncn4C)no2)cc1. The fourth-order valence-electron chi connectivity index (χ4n) is 2.87. The molecule has 0 unspecified atom stereocenters. The van der Waals surface area contributed by atoms with Gasteiger partial charge in [0, 0.05) is 12.6 Å². The maximum absolute atomic E-state index is 12.5. The van der Waals surface area contributed by atoms with Gasteiger partial charge in [-0.1, -0.05) is 22.9 Å². The van der Waals surface area contributed by atoms with Crippen molar-refractivity contribution in [3.8, 4) is 11.4 Å². The molecule has 144 valence electrons. The number of benzene rings is 2. The highest BCUT2D eigenvalue weighted by Crippen LogP contribution is 2.23. The molecule has 1 N–H and O–H groups in total. The van der Waals surface area contributed by atoms with Crippen LogP contribution in [0.3, 0.4) is 0 Å². The van der Waals surface area contributed by atoms with E-state index in [1.165, 1.54) is 0 Å². The fourth-order valence-corrected chi connectivity index (χ4v) is 4.07. The maximum Gasteiger partial charge on any atom is 0.244 e. The minimum absolute atomic E-state index is 0.185. The van der Waals surface area contributed by atoms with Crippen molar-refractivity contribution in [3.63, 3.8) is 0 Å². The number of aromatic nitrogens is 4. The van der Waals surface area contributed by atoms with E-state index in [9.17, 15) is 8.42 Å². The van der Waals surface area contributed by atoms with Gasteiger partial charge in [-0.2, -0.15) is 9.71 Å². The van der Waals surface area contributed by atoms with E-state index in [2.05, 4.69) is 19.8 Å². The molecular formula is C19H19N5O3S. The van der Waals surface area contributed by atoms with Gasteiger partial charge in [0.2, 0.25) is 21.7 Å². The lowest BCUT2D eigenvalue weighted by Gasteiger charge is -2.10. The Morgan fingerprint density at radius 2 is 1.89 bits per heavy atom. The van der Waals surface area contributed by atoms with Crippen molar-refractivity contribution < 1.29 is 12.9 Å². The predicted octanol–water partition coefficient (Wildman–Crippen LogP) is 2.97. The lowest BCUT2D eigenvalue weighted by Crippen LogP contribution is -2.27. The minimum atomic E-state index is -3.70. The number of imidazole rings is 1. The quantitative estimate of drug-likeness (QED) is 0.555. The molecule has 4 rings (SSSR count). The first-order chi connectivity index (χ1) is 13.3. The second kappa shape index (κ2) is 6.84. The summed E-state index contributed by atoms with van der Waals surface area (Å²) in [5.74, 6) is 0.566. The van der Waals surface area contributed by atoms with Gasteiger partial charge in [-0.25, -0.2) is 13.4 Å². The van der Waals surface area contributed by atoms with Gasteiger partial charge in [0.05, 0.1) is 28.3 Å². The zero-order chi connectivity index (χ0) is 19.9. The highest BCUT2D eigenvalue weighted by atomic mass is 32.2. The maximum atomic E-state index is 12.5. The van der Waals surface area contributed by atoms with Gasteiger partial charge in [-0.15, -0.1) is 0 Å². The molecule has 0 bridgehead atoms. The lowest BCUT2D eigenvalue weighted by atomic mass is 10.2. The molecule has 0 saturated heterocycles. The third kappa shape index (κ3) is 3.41. The van der Waals surface area contributed by atoms with E-state index in [1.54, 1.807) is 37.5 Å². The van der Waals surface area contributed by atoms with E-state index >= 15 is 0 Å². The summed E-state index contributed by atoms with van der Waals surface area (Å²) in [7, 11) is -1.78. The molecule has 0 aliphatic carbocycles. The number of aryl methyl sites for hydroxylation is 2. The molecule has 9 heteroatoms. The van der Waals surface area contributed by atoms with Gasteiger partial charge in [-0.05, 0) is 44.2 Å². The molecule has 1 atom stereocenters. The summed E-state index contributed by atoms with van der Waals surface area (Å²) in [5, 5.41) is 3.98. The van der Waals surface area contributed by atoms with Crippen LogP contribution in [-0.2, 0) is 17.1 Å². The predicted molar refractivity (Wildman–Crippen MR) is 104 cm³/mol. The molecule has 2 aromatic heterocycles. The first-order valence-corrected chi connectivity index (χ1v) is 10.2. The fraction of sp³-hybridized carbons (Fsp3) is 0.211. The van der Waals surface area contributed by atoms with Crippen LogP contribution < -0.4 is 4.72 Å². The Kier molecular flexibility index (Phi) is 4.48. The Morgan fingerprint density at radius 1 is 1.14 bits per heavy atom. The Morgan fingerprint density at radius 3 is 2.64 bits per heavy atom. The van der Waals surface area contributed by atoms with Gasteiger partial charge >= 0.3 is 0 Å². The molecule has 0 amide bonds. The molecule has 28 heavy (non-hydrogen) atoms. The van der Waals surface area contributed by atoms with Crippen molar-refractivity contribution in [2.45, 2.75) is 24.8 Å². The van der Waals surface area contributed by atoms with Crippen LogP contribution in [0.4, 0.5) is 0 Å². The molecular weight excluding hydrogens is 378 g/mol. The van der Waals surface area contributed by atoms with Crippen LogP contribution in [-0.4, -0.2) is 28.1 Å². The first-order valence-electron chi connectivity index (χ1n) is 8.67. The Bertz CT molecular complexity index is 1240. The monoisotopic (exact) mass is 397 g/mol. The van der Waals surface area contributed by atoms with Crippen molar-refractivity contribution >= 4 is 21.1 Å². The molecule has 0 fully saturated rings. The highest BCUT2D eigenvalue weighted by molar-refractivity contribution is 7.89. The average Bonchev–Trinajstić information content (AvgIpc) is 3.29. The molecule has 0 saturated carbocycles. The molecule has 0 radical (unpaired) electrons. The molecule has 0 spiro atoms. The van der Waals surface area contributed by atoms with Gasteiger partial charge in [0.1, 0.15) is 0 Å². The Hall–Kier alpha value is -3.04. The summed E-state index contributed by atoms with van der Waals surface area (Å²) >= 11 is 0. The molecule has 0 aliphatic rings. The van der Waals surface area contributed by atoms with Gasteiger partial charge in [0.15, 0.2) is 0 Å². The zero-order valence-corrected chi connectivity index (χ0v) is 16.4. The molecule has 8 nitrogen and oxygen atoms in total. The molecule has 0 aliphatic heterocycles. The van der Waals surface area contributed by atoms with Crippen LogP contribution in [0.15, 0.2) is 58.2 Å². The van der Waals surface area contributed by atoms with E-state index in [1.807, 2.05) is 36.7 Å².